The zero-order valence-electron chi connectivity index (χ0n) is 8.87. The monoisotopic (exact) mass is 241 g/mol. The Morgan fingerprint density at radius 2 is 1.88 bits per heavy atom. The summed E-state index contributed by atoms with van der Waals surface area (Å²) < 4.78 is 25.8. The highest BCUT2D eigenvalue weighted by Crippen LogP contribution is 2.13. The lowest BCUT2D eigenvalue weighted by Gasteiger charge is -2.09. The van der Waals surface area contributed by atoms with Crippen LogP contribution in [0.25, 0.3) is 0 Å². The number of aldehydes is 2. The highest BCUT2D eigenvalue weighted by Gasteiger charge is 2.16. The summed E-state index contributed by atoms with van der Waals surface area (Å²) in [5, 5.41) is 2.21. The van der Waals surface area contributed by atoms with Gasteiger partial charge in [0.2, 0.25) is 0 Å². The van der Waals surface area contributed by atoms with Gasteiger partial charge in [-0.05, 0) is 19.1 Å². The Bertz CT molecular complexity index is 474. The van der Waals surface area contributed by atoms with Crippen molar-refractivity contribution in [1.29, 1.82) is 0 Å². The normalized spacial score (nSPS) is 11.7. The van der Waals surface area contributed by atoms with Crippen molar-refractivity contribution in [1.82, 2.24) is 5.32 Å². The van der Waals surface area contributed by atoms with E-state index in [2.05, 4.69) is 5.32 Å². The van der Waals surface area contributed by atoms with Gasteiger partial charge in [0.1, 0.15) is 6.29 Å². The molecule has 17 heavy (non-hydrogen) atoms. The smallest absolute Gasteiger partial charge is 0.252 e. The molecule has 90 valence electrons. The van der Waals surface area contributed by atoms with Gasteiger partial charge in [-0.1, -0.05) is 0 Å². The minimum Gasteiger partial charge on any atom is -0.343 e. The number of amides is 1. The quantitative estimate of drug-likeness (QED) is 0.803. The van der Waals surface area contributed by atoms with Gasteiger partial charge in [-0.3, -0.25) is 9.59 Å². The Kier molecular flexibility index (Phi) is 4.03. The molecule has 1 N–H and O–H groups in total. The molecule has 0 aromatic heterocycles. The van der Waals surface area contributed by atoms with Gasteiger partial charge in [0.25, 0.3) is 5.91 Å². The van der Waals surface area contributed by atoms with E-state index in [9.17, 15) is 23.2 Å². The summed E-state index contributed by atoms with van der Waals surface area (Å²) in [5.74, 6) is -3.27. The van der Waals surface area contributed by atoms with E-state index >= 15 is 0 Å². The number of rotatable bonds is 4. The van der Waals surface area contributed by atoms with Crippen molar-refractivity contribution in [3.63, 3.8) is 0 Å². The van der Waals surface area contributed by atoms with E-state index in [1.54, 1.807) is 0 Å². The highest BCUT2D eigenvalue weighted by atomic mass is 19.2. The molecule has 0 bridgehead atoms. The number of nitrogens with one attached hydrogen (secondary N) is 1. The standard InChI is InChI=1S/C11H9F2NO3/c1-6(4-15)14-11(17)8-3-10(13)9(12)2-7(8)5-16/h2-6H,1H3,(H,14,17)/t6-/m0/s1. The first-order valence-electron chi connectivity index (χ1n) is 4.70. The first kappa shape index (κ1) is 13.0. The number of benzene rings is 1. The molecule has 0 aliphatic rings. The minimum absolute atomic E-state index is 0.239. The van der Waals surface area contributed by atoms with Crippen molar-refractivity contribution < 1.29 is 23.2 Å². The summed E-state index contributed by atoms with van der Waals surface area (Å²) in [4.78, 5) is 32.5. The fraction of sp³-hybridized carbons (Fsp3) is 0.182. The molecular weight excluding hydrogens is 232 g/mol. The Morgan fingerprint density at radius 3 is 2.41 bits per heavy atom. The SMILES string of the molecule is C[C@@H](C=O)NC(=O)c1cc(F)c(F)cc1C=O. The van der Waals surface area contributed by atoms with E-state index in [-0.39, 0.29) is 17.4 Å². The predicted octanol–water partition coefficient (Wildman–Crippen LogP) is 1.09. The summed E-state index contributed by atoms with van der Waals surface area (Å²) in [6.45, 7) is 1.41. The molecule has 4 nitrogen and oxygen atoms in total. The van der Waals surface area contributed by atoms with E-state index in [0.29, 0.717) is 18.4 Å². The number of hydrogen-bond acceptors (Lipinski definition) is 3. The Balaban J connectivity index is 3.12. The summed E-state index contributed by atoms with van der Waals surface area (Å²) in [6, 6.07) is 0.462. The van der Waals surface area contributed by atoms with E-state index < -0.39 is 23.6 Å². The maximum Gasteiger partial charge on any atom is 0.252 e. The lowest BCUT2D eigenvalue weighted by Crippen LogP contribution is -2.34. The fourth-order valence-corrected chi connectivity index (χ4v) is 1.17. The van der Waals surface area contributed by atoms with Crippen molar-refractivity contribution in [3.05, 3.63) is 34.9 Å². The molecule has 0 aliphatic heterocycles. The van der Waals surface area contributed by atoms with E-state index in [1.165, 1.54) is 6.92 Å². The average Bonchev–Trinajstić information content (AvgIpc) is 2.31. The topological polar surface area (TPSA) is 63.2 Å². The van der Waals surface area contributed by atoms with Crippen LogP contribution in [0.2, 0.25) is 0 Å². The largest absolute Gasteiger partial charge is 0.343 e. The van der Waals surface area contributed by atoms with Gasteiger partial charge in [0.15, 0.2) is 17.9 Å². The Morgan fingerprint density at radius 1 is 1.29 bits per heavy atom. The van der Waals surface area contributed by atoms with Crippen molar-refractivity contribution >= 4 is 18.5 Å². The molecule has 0 unspecified atom stereocenters. The second-order valence-electron chi connectivity index (χ2n) is 3.37. The van der Waals surface area contributed by atoms with Crippen molar-refractivity contribution in [2.75, 3.05) is 0 Å². The lowest BCUT2D eigenvalue weighted by atomic mass is 10.1. The van der Waals surface area contributed by atoms with E-state index in [4.69, 9.17) is 0 Å². The van der Waals surface area contributed by atoms with Crippen LogP contribution in [0.4, 0.5) is 8.78 Å². The Hall–Kier alpha value is -2.11. The molecule has 6 heteroatoms. The first-order valence-corrected chi connectivity index (χ1v) is 4.70. The van der Waals surface area contributed by atoms with Gasteiger partial charge < -0.3 is 10.1 Å². The maximum absolute atomic E-state index is 12.9. The van der Waals surface area contributed by atoms with Crippen molar-refractivity contribution in [2.24, 2.45) is 0 Å². The zero-order chi connectivity index (χ0) is 13.0. The van der Waals surface area contributed by atoms with E-state index in [1.807, 2.05) is 0 Å². The molecule has 0 heterocycles. The molecule has 0 aliphatic carbocycles. The molecule has 0 radical (unpaired) electrons. The van der Waals surface area contributed by atoms with Crippen LogP contribution < -0.4 is 5.32 Å². The second kappa shape index (κ2) is 5.29. The second-order valence-corrected chi connectivity index (χ2v) is 3.37. The highest BCUT2D eigenvalue weighted by molar-refractivity contribution is 6.02. The molecule has 1 aromatic rings. The van der Waals surface area contributed by atoms with Gasteiger partial charge in [-0.25, -0.2) is 8.78 Å². The van der Waals surface area contributed by atoms with Gasteiger partial charge >= 0.3 is 0 Å². The Labute approximate surface area is 95.6 Å². The number of carbonyl (C=O) groups excluding carboxylic acids is 3. The lowest BCUT2D eigenvalue weighted by molar-refractivity contribution is -0.109. The molecule has 1 rings (SSSR count). The maximum atomic E-state index is 12.9. The van der Waals surface area contributed by atoms with Gasteiger partial charge in [-0.15, -0.1) is 0 Å². The molecule has 0 fully saturated rings. The molecule has 1 amide bonds. The van der Waals surface area contributed by atoms with Crippen LogP contribution >= 0.6 is 0 Å². The summed E-state index contributed by atoms with van der Waals surface area (Å²) in [6.07, 6.45) is 0.710. The summed E-state index contributed by atoms with van der Waals surface area (Å²) >= 11 is 0. The van der Waals surface area contributed by atoms with Crippen LogP contribution in [0.5, 0.6) is 0 Å². The van der Waals surface area contributed by atoms with Crippen molar-refractivity contribution in [3.8, 4) is 0 Å². The van der Waals surface area contributed by atoms with Crippen LogP contribution in [0, 0.1) is 11.6 Å². The third kappa shape index (κ3) is 2.93. The molecule has 0 saturated heterocycles. The third-order valence-corrected chi connectivity index (χ3v) is 2.03. The molecule has 0 spiro atoms. The van der Waals surface area contributed by atoms with Gasteiger partial charge in [-0.2, -0.15) is 0 Å². The van der Waals surface area contributed by atoms with Crippen LogP contribution in [-0.2, 0) is 4.79 Å². The number of hydrogen-bond donors (Lipinski definition) is 1. The van der Waals surface area contributed by atoms with Gasteiger partial charge in [0, 0.05) is 5.56 Å². The molecule has 0 saturated carbocycles. The van der Waals surface area contributed by atoms with E-state index in [0.717, 1.165) is 0 Å². The minimum atomic E-state index is -1.24. The predicted molar refractivity (Wildman–Crippen MR) is 54.7 cm³/mol. The first-order chi connectivity index (χ1) is 7.99. The van der Waals surface area contributed by atoms with Crippen LogP contribution in [0.1, 0.15) is 27.6 Å². The summed E-state index contributed by atoms with van der Waals surface area (Å²) in [7, 11) is 0. The summed E-state index contributed by atoms with van der Waals surface area (Å²) in [5.41, 5.74) is -0.591. The van der Waals surface area contributed by atoms with Crippen LogP contribution in [0.3, 0.4) is 0 Å². The molecule has 1 atom stereocenters. The average molecular weight is 241 g/mol. The van der Waals surface area contributed by atoms with Crippen molar-refractivity contribution in [2.45, 2.75) is 13.0 Å². The third-order valence-electron chi connectivity index (χ3n) is 2.03. The molecular formula is C11H9F2NO3. The number of carbonyl (C=O) groups is 3. The zero-order valence-corrected chi connectivity index (χ0v) is 8.87. The number of halogens is 2. The van der Waals surface area contributed by atoms with Crippen LogP contribution in [0.15, 0.2) is 12.1 Å². The van der Waals surface area contributed by atoms with Crippen LogP contribution in [-0.4, -0.2) is 24.5 Å². The fourth-order valence-electron chi connectivity index (χ4n) is 1.17. The van der Waals surface area contributed by atoms with Gasteiger partial charge in [0.05, 0.1) is 11.6 Å². The molecule has 1 aromatic carbocycles.